The van der Waals surface area contributed by atoms with Crippen molar-refractivity contribution in [3.63, 3.8) is 0 Å². The minimum atomic E-state index is -0.699. The lowest BCUT2D eigenvalue weighted by Crippen LogP contribution is -2.40. The highest BCUT2D eigenvalue weighted by molar-refractivity contribution is 5.74. The molecule has 0 aromatic heterocycles. The molecule has 2 heterocycles. The maximum Gasteiger partial charge on any atom is 0.320 e. The second kappa shape index (κ2) is 6.67. The SMILES string of the molecule is O=C(O)[C@@H]1CC2(CCNCC2)CN1CCOc1ccccc1. The van der Waals surface area contributed by atoms with Crippen molar-refractivity contribution in [2.24, 2.45) is 5.41 Å². The number of carboxylic acids is 1. The fourth-order valence-electron chi connectivity index (χ4n) is 3.74. The number of hydrogen-bond donors (Lipinski definition) is 2. The van der Waals surface area contributed by atoms with Crippen LogP contribution in [0.1, 0.15) is 19.3 Å². The van der Waals surface area contributed by atoms with Crippen molar-refractivity contribution >= 4 is 5.97 Å². The van der Waals surface area contributed by atoms with Crippen molar-refractivity contribution in [2.45, 2.75) is 25.3 Å². The Balaban J connectivity index is 1.57. The van der Waals surface area contributed by atoms with E-state index in [1.807, 2.05) is 30.3 Å². The summed E-state index contributed by atoms with van der Waals surface area (Å²) >= 11 is 0. The minimum absolute atomic E-state index is 0.182. The van der Waals surface area contributed by atoms with Gasteiger partial charge in [-0.2, -0.15) is 0 Å². The van der Waals surface area contributed by atoms with Crippen molar-refractivity contribution in [1.82, 2.24) is 10.2 Å². The minimum Gasteiger partial charge on any atom is -0.492 e. The van der Waals surface area contributed by atoms with Gasteiger partial charge in [0.15, 0.2) is 0 Å². The standard InChI is InChI=1S/C17H24N2O3/c20-16(21)15-12-17(6-8-18-9-7-17)13-19(15)10-11-22-14-4-2-1-3-5-14/h1-5,15,18H,6-13H2,(H,20,21)/t15-/m0/s1. The molecule has 0 unspecified atom stereocenters. The summed E-state index contributed by atoms with van der Waals surface area (Å²) in [5, 5.41) is 12.9. The summed E-state index contributed by atoms with van der Waals surface area (Å²) in [4.78, 5) is 13.7. The van der Waals surface area contributed by atoms with Crippen LogP contribution in [0.5, 0.6) is 5.75 Å². The fourth-order valence-corrected chi connectivity index (χ4v) is 3.74. The van der Waals surface area contributed by atoms with Gasteiger partial charge >= 0.3 is 5.97 Å². The molecule has 1 spiro atoms. The Morgan fingerprint density at radius 3 is 2.73 bits per heavy atom. The van der Waals surface area contributed by atoms with Crippen molar-refractivity contribution in [2.75, 3.05) is 32.8 Å². The summed E-state index contributed by atoms with van der Waals surface area (Å²) in [7, 11) is 0. The van der Waals surface area contributed by atoms with E-state index in [-0.39, 0.29) is 11.5 Å². The summed E-state index contributed by atoms with van der Waals surface area (Å²) in [6.07, 6.45) is 2.93. The molecule has 2 fully saturated rings. The molecule has 3 rings (SSSR count). The average molecular weight is 304 g/mol. The number of likely N-dealkylation sites (tertiary alicyclic amines) is 1. The molecule has 5 heteroatoms. The number of carbonyl (C=O) groups is 1. The van der Waals surface area contributed by atoms with Crippen LogP contribution in [0.2, 0.25) is 0 Å². The lowest BCUT2D eigenvalue weighted by atomic mass is 9.77. The average Bonchev–Trinajstić information content (AvgIpc) is 2.88. The first-order chi connectivity index (χ1) is 10.7. The van der Waals surface area contributed by atoms with Gasteiger partial charge in [0, 0.05) is 13.1 Å². The molecule has 0 amide bonds. The maximum atomic E-state index is 11.6. The van der Waals surface area contributed by atoms with Crippen LogP contribution >= 0.6 is 0 Å². The van der Waals surface area contributed by atoms with Crippen molar-refractivity contribution in [3.8, 4) is 5.75 Å². The first-order valence-electron chi connectivity index (χ1n) is 8.04. The number of ether oxygens (including phenoxy) is 1. The number of nitrogens with zero attached hydrogens (tertiary/aromatic N) is 1. The molecular weight excluding hydrogens is 280 g/mol. The van der Waals surface area contributed by atoms with Gasteiger partial charge in [0.25, 0.3) is 0 Å². The lowest BCUT2D eigenvalue weighted by Gasteiger charge is -2.33. The van der Waals surface area contributed by atoms with Gasteiger partial charge in [0.2, 0.25) is 0 Å². The molecule has 1 atom stereocenters. The van der Waals surface area contributed by atoms with E-state index in [9.17, 15) is 9.90 Å². The summed E-state index contributed by atoms with van der Waals surface area (Å²) in [5.74, 6) is 0.139. The van der Waals surface area contributed by atoms with Gasteiger partial charge in [0.05, 0.1) is 0 Å². The first-order valence-corrected chi connectivity index (χ1v) is 8.04. The van der Waals surface area contributed by atoms with E-state index >= 15 is 0 Å². The highest BCUT2D eigenvalue weighted by atomic mass is 16.5. The van der Waals surface area contributed by atoms with Gasteiger partial charge in [-0.15, -0.1) is 0 Å². The number of hydrogen-bond acceptors (Lipinski definition) is 4. The fraction of sp³-hybridized carbons (Fsp3) is 0.588. The predicted octanol–water partition coefficient (Wildman–Crippen LogP) is 1.59. The maximum absolute atomic E-state index is 11.6. The second-order valence-electron chi connectivity index (χ2n) is 6.44. The Morgan fingerprint density at radius 2 is 2.05 bits per heavy atom. The van der Waals surface area contributed by atoms with Gasteiger partial charge in [-0.3, -0.25) is 9.69 Å². The zero-order valence-corrected chi connectivity index (χ0v) is 12.8. The summed E-state index contributed by atoms with van der Waals surface area (Å²) < 4.78 is 5.72. The molecular formula is C17H24N2O3. The largest absolute Gasteiger partial charge is 0.492 e. The van der Waals surface area contributed by atoms with Crippen LogP contribution in [0.25, 0.3) is 0 Å². The van der Waals surface area contributed by atoms with Gasteiger partial charge in [-0.05, 0) is 49.9 Å². The Hall–Kier alpha value is -1.59. The topological polar surface area (TPSA) is 61.8 Å². The number of carboxylic acid groups (broad SMARTS) is 1. The number of nitrogens with one attached hydrogen (secondary N) is 1. The van der Waals surface area contributed by atoms with E-state index < -0.39 is 5.97 Å². The molecule has 0 bridgehead atoms. The molecule has 2 N–H and O–H groups in total. The quantitative estimate of drug-likeness (QED) is 0.865. The van der Waals surface area contributed by atoms with Gasteiger partial charge in [0.1, 0.15) is 18.4 Å². The smallest absolute Gasteiger partial charge is 0.320 e. The van der Waals surface area contributed by atoms with Crippen LogP contribution in [0.15, 0.2) is 30.3 Å². The van der Waals surface area contributed by atoms with Gasteiger partial charge < -0.3 is 15.2 Å². The van der Waals surface area contributed by atoms with Crippen molar-refractivity contribution in [3.05, 3.63) is 30.3 Å². The molecule has 0 aliphatic carbocycles. The third-order valence-electron chi connectivity index (χ3n) is 4.95. The van der Waals surface area contributed by atoms with E-state index in [1.54, 1.807) is 0 Å². The highest BCUT2D eigenvalue weighted by Crippen LogP contribution is 2.41. The number of aliphatic carboxylic acids is 1. The Bertz CT molecular complexity index is 500. The number of benzene rings is 1. The summed E-state index contributed by atoms with van der Waals surface area (Å²) in [6.45, 7) is 4.08. The zero-order chi connectivity index (χ0) is 15.4. The summed E-state index contributed by atoms with van der Waals surface area (Å²) in [6, 6.07) is 9.32. The van der Waals surface area contributed by atoms with Crippen LogP contribution in [0.3, 0.4) is 0 Å². The molecule has 1 aromatic rings. The lowest BCUT2D eigenvalue weighted by molar-refractivity contribution is -0.142. The first kappa shape index (κ1) is 15.3. The highest BCUT2D eigenvalue weighted by Gasteiger charge is 2.46. The van der Waals surface area contributed by atoms with E-state index in [2.05, 4.69) is 10.2 Å². The van der Waals surface area contributed by atoms with Crippen LogP contribution < -0.4 is 10.1 Å². The zero-order valence-electron chi connectivity index (χ0n) is 12.8. The number of para-hydroxylation sites is 1. The van der Waals surface area contributed by atoms with E-state index in [0.29, 0.717) is 13.2 Å². The van der Waals surface area contributed by atoms with E-state index in [1.165, 1.54) is 0 Å². The van der Waals surface area contributed by atoms with Crippen LogP contribution in [0.4, 0.5) is 0 Å². The van der Waals surface area contributed by atoms with Crippen molar-refractivity contribution < 1.29 is 14.6 Å². The normalized spacial score (nSPS) is 24.5. The Labute approximate surface area is 131 Å². The Kier molecular flexibility index (Phi) is 4.64. The molecule has 2 aliphatic rings. The predicted molar refractivity (Wildman–Crippen MR) is 84.1 cm³/mol. The summed E-state index contributed by atoms with van der Waals surface area (Å²) in [5.41, 5.74) is 0.182. The van der Waals surface area contributed by atoms with E-state index in [0.717, 1.165) is 44.6 Å². The van der Waals surface area contributed by atoms with Crippen LogP contribution in [-0.4, -0.2) is 54.8 Å². The molecule has 2 saturated heterocycles. The molecule has 1 aromatic carbocycles. The third kappa shape index (κ3) is 3.42. The molecule has 2 aliphatic heterocycles. The second-order valence-corrected chi connectivity index (χ2v) is 6.44. The Morgan fingerprint density at radius 1 is 1.32 bits per heavy atom. The van der Waals surface area contributed by atoms with Crippen molar-refractivity contribution in [1.29, 1.82) is 0 Å². The third-order valence-corrected chi connectivity index (χ3v) is 4.95. The van der Waals surface area contributed by atoms with Crippen LogP contribution in [-0.2, 0) is 4.79 Å². The monoisotopic (exact) mass is 304 g/mol. The van der Waals surface area contributed by atoms with Gasteiger partial charge in [-0.1, -0.05) is 18.2 Å². The molecule has 5 nitrogen and oxygen atoms in total. The number of rotatable bonds is 5. The number of piperidine rings is 1. The van der Waals surface area contributed by atoms with Crippen LogP contribution in [0, 0.1) is 5.41 Å². The molecule has 120 valence electrons. The molecule has 0 radical (unpaired) electrons. The van der Waals surface area contributed by atoms with E-state index in [4.69, 9.17) is 4.74 Å². The molecule has 0 saturated carbocycles. The molecule has 22 heavy (non-hydrogen) atoms. The van der Waals surface area contributed by atoms with Gasteiger partial charge in [-0.25, -0.2) is 0 Å².